The third-order valence-electron chi connectivity index (χ3n) is 2.21. The van der Waals surface area contributed by atoms with Crippen LogP contribution in [0.3, 0.4) is 0 Å². The molecule has 0 unspecified atom stereocenters. The van der Waals surface area contributed by atoms with E-state index in [1.807, 2.05) is 6.92 Å². The van der Waals surface area contributed by atoms with Crippen molar-refractivity contribution >= 4 is 0 Å². The number of rotatable bonds is 3. The number of hydrogen-bond donors (Lipinski definition) is 0. The van der Waals surface area contributed by atoms with E-state index in [4.69, 9.17) is 4.74 Å². The zero-order valence-electron chi connectivity index (χ0n) is 7.22. The minimum absolute atomic E-state index is 0.201. The number of nitrogens with zero attached hydrogens (tertiary/aromatic N) is 1. The third-order valence-corrected chi connectivity index (χ3v) is 2.21. The third kappa shape index (κ3) is 2.42. The summed E-state index contributed by atoms with van der Waals surface area (Å²) >= 11 is 0. The van der Waals surface area contributed by atoms with Gasteiger partial charge in [0.05, 0.1) is 6.61 Å². The number of hydrogen-bond acceptors (Lipinski definition) is 2. The summed E-state index contributed by atoms with van der Waals surface area (Å²) in [7, 11) is 1.67. The fraction of sp³-hybridized carbons (Fsp3) is 1.00. The molecule has 0 N–H and O–H groups in total. The zero-order chi connectivity index (χ0) is 8.27. The largest absolute Gasteiger partial charge is 0.383 e. The summed E-state index contributed by atoms with van der Waals surface area (Å²) in [5, 5.41) is 0. The second-order valence-electron chi connectivity index (χ2n) is 3.25. The normalized spacial score (nSPS) is 33.0. The van der Waals surface area contributed by atoms with Crippen molar-refractivity contribution < 1.29 is 9.13 Å². The molecule has 0 radical (unpaired) electrons. The van der Waals surface area contributed by atoms with Crippen molar-refractivity contribution in [2.24, 2.45) is 5.92 Å². The predicted octanol–water partition coefficient (Wildman–Crippen LogP) is 0.923. The van der Waals surface area contributed by atoms with E-state index in [2.05, 4.69) is 4.90 Å². The fourth-order valence-electron chi connectivity index (χ4n) is 1.43. The van der Waals surface area contributed by atoms with Gasteiger partial charge >= 0.3 is 0 Å². The lowest BCUT2D eigenvalue weighted by Gasteiger charge is -2.12. The quantitative estimate of drug-likeness (QED) is 0.610. The van der Waals surface area contributed by atoms with E-state index in [9.17, 15) is 4.39 Å². The molecule has 2 nitrogen and oxygen atoms in total. The van der Waals surface area contributed by atoms with Crippen molar-refractivity contribution in [3.05, 3.63) is 0 Å². The number of halogens is 1. The SMILES string of the molecule is COCCN1C[C@@H](C)[C@@H](F)C1. The molecule has 1 heterocycles. The number of ether oxygens (including phenoxy) is 1. The van der Waals surface area contributed by atoms with Gasteiger partial charge in [-0.15, -0.1) is 0 Å². The van der Waals surface area contributed by atoms with Crippen LogP contribution in [0.15, 0.2) is 0 Å². The van der Waals surface area contributed by atoms with Gasteiger partial charge in [0.2, 0.25) is 0 Å². The number of alkyl halides is 1. The Kier molecular flexibility index (Phi) is 3.27. The van der Waals surface area contributed by atoms with Gasteiger partial charge in [0.1, 0.15) is 6.17 Å². The molecule has 66 valence electrons. The molecule has 11 heavy (non-hydrogen) atoms. The van der Waals surface area contributed by atoms with Crippen molar-refractivity contribution in [2.45, 2.75) is 13.1 Å². The Morgan fingerprint density at radius 3 is 2.73 bits per heavy atom. The molecule has 1 fully saturated rings. The van der Waals surface area contributed by atoms with E-state index in [-0.39, 0.29) is 5.92 Å². The van der Waals surface area contributed by atoms with Crippen LogP contribution in [0.2, 0.25) is 0 Å². The molecule has 0 aromatic carbocycles. The summed E-state index contributed by atoms with van der Waals surface area (Å²) in [6.07, 6.45) is -0.633. The molecule has 0 saturated carbocycles. The van der Waals surface area contributed by atoms with Crippen LogP contribution in [-0.4, -0.2) is 44.4 Å². The first-order chi connectivity index (χ1) is 5.24. The molecule has 1 aliphatic rings. The standard InChI is InChI=1S/C8H16FNO/c1-7-5-10(3-4-11-2)6-8(7)9/h7-8H,3-6H2,1-2H3/t7-,8+/m1/s1. The molecule has 0 bridgehead atoms. The van der Waals surface area contributed by atoms with Gasteiger partial charge in [-0.2, -0.15) is 0 Å². The average Bonchev–Trinajstić information content (AvgIpc) is 2.28. The summed E-state index contributed by atoms with van der Waals surface area (Å²) in [5.74, 6) is 0.201. The Bertz CT molecular complexity index is 111. The van der Waals surface area contributed by atoms with Crippen LogP contribution in [0.5, 0.6) is 0 Å². The molecular weight excluding hydrogens is 145 g/mol. The molecule has 2 atom stereocenters. The Hall–Kier alpha value is -0.150. The fourth-order valence-corrected chi connectivity index (χ4v) is 1.43. The Labute approximate surface area is 67.3 Å². The van der Waals surface area contributed by atoms with Gasteiger partial charge in [-0.25, -0.2) is 4.39 Å². The highest BCUT2D eigenvalue weighted by Crippen LogP contribution is 2.18. The highest BCUT2D eigenvalue weighted by Gasteiger charge is 2.28. The maximum Gasteiger partial charge on any atom is 0.116 e. The summed E-state index contributed by atoms with van der Waals surface area (Å²) in [6.45, 7) is 4.99. The molecule has 0 aliphatic carbocycles. The monoisotopic (exact) mass is 161 g/mol. The Morgan fingerprint density at radius 2 is 2.27 bits per heavy atom. The zero-order valence-corrected chi connectivity index (χ0v) is 7.22. The van der Waals surface area contributed by atoms with E-state index in [0.29, 0.717) is 13.2 Å². The van der Waals surface area contributed by atoms with Gasteiger partial charge in [-0.05, 0) is 0 Å². The van der Waals surface area contributed by atoms with E-state index in [0.717, 1.165) is 13.1 Å². The summed E-state index contributed by atoms with van der Waals surface area (Å²) in [4.78, 5) is 2.11. The molecule has 0 aromatic rings. The van der Waals surface area contributed by atoms with E-state index < -0.39 is 6.17 Å². The summed E-state index contributed by atoms with van der Waals surface area (Å²) in [5.41, 5.74) is 0. The lowest BCUT2D eigenvalue weighted by molar-refractivity contribution is 0.156. The van der Waals surface area contributed by atoms with Crippen molar-refractivity contribution in [1.82, 2.24) is 4.90 Å². The predicted molar refractivity (Wildman–Crippen MR) is 42.4 cm³/mol. The second kappa shape index (κ2) is 4.02. The van der Waals surface area contributed by atoms with Gasteiger partial charge in [0.25, 0.3) is 0 Å². The Morgan fingerprint density at radius 1 is 1.55 bits per heavy atom. The van der Waals surface area contributed by atoms with E-state index in [1.54, 1.807) is 7.11 Å². The second-order valence-corrected chi connectivity index (χ2v) is 3.25. The van der Waals surface area contributed by atoms with Crippen LogP contribution in [0.25, 0.3) is 0 Å². The smallest absolute Gasteiger partial charge is 0.116 e. The summed E-state index contributed by atoms with van der Waals surface area (Å²) < 4.78 is 17.8. The van der Waals surface area contributed by atoms with E-state index >= 15 is 0 Å². The number of methoxy groups -OCH3 is 1. The first-order valence-electron chi connectivity index (χ1n) is 4.09. The maximum absolute atomic E-state index is 12.9. The van der Waals surface area contributed by atoms with Gasteiger partial charge in [0, 0.05) is 32.7 Å². The van der Waals surface area contributed by atoms with Gasteiger partial charge < -0.3 is 4.74 Å². The van der Waals surface area contributed by atoms with Crippen LogP contribution >= 0.6 is 0 Å². The van der Waals surface area contributed by atoms with Gasteiger partial charge in [0.15, 0.2) is 0 Å². The maximum atomic E-state index is 12.9. The molecule has 3 heteroatoms. The molecular formula is C8H16FNO. The number of likely N-dealkylation sites (tertiary alicyclic amines) is 1. The van der Waals surface area contributed by atoms with Crippen LogP contribution < -0.4 is 0 Å². The van der Waals surface area contributed by atoms with Crippen molar-refractivity contribution in [2.75, 3.05) is 33.4 Å². The van der Waals surface area contributed by atoms with E-state index in [1.165, 1.54) is 0 Å². The van der Waals surface area contributed by atoms with Crippen LogP contribution in [0, 0.1) is 5.92 Å². The lowest BCUT2D eigenvalue weighted by Crippen LogP contribution is -2.25. The van der Waals surface area contributed by atoms with Crippen molar-refractivity contribution in [1.29, 1.82) is 0 Å². The molecule has 0 spiro atoms. The first kappa shape index (κ1) is 8.94. The lowest BCUT2D eigenvalue weighted by atomic mass is 10.1. The van der Waals surface area contributed by atoms with Crippen LogP contribution in [0.1, 0.15) is 6.92 Å². The highest BCUT2D eigenvalue weighted by molar-refractivity contribution is 4.80. The molecule has 1 saturated heterocycles. The summed E-state index contributed by atoms with van der Waals surface area (Å²) in [6, 6.07) is 0. The minimum atomic E-state index is -0.633. The van der Waals surface area contributed by atoms with Crippen molar-refractivity contribution in [3.8, 4) is 0 Å². The highest BCUT2D eigenvalue weighted by atomic mass is 19.1. The first-order valence-corrected chi connectivity index (χ1v) is 4.09. The molecule has 0 amide bonds. The van der Waals surface area contributed by atoms with Gasteiger partial charge in [-0.1, -0.05) is 6.92 Å². The molecule has 1 rings (SSSR count). The topological polar surface area (TPSA) is 12.5 Å². The molecule has 0 aromatic heterocycles. The molecule has 1 aliphatic heterocycles. The minimum Gasteiger partial charge on any atom is -0.383 e. The van der Waals surface area contributed by atoms with Crippen LogP contribution in [-0.2, 0) is 4.74 Å². The van der Waals surface area contributed by atoms with Crippen molar-refractivity contribution in [3.63, 3.8) is 0 Å². The van der Waals surface area contributed by atoms with Gasteiger partial charge in [-0.3, -0.25) is 4.90 Å². The van der Waals surface area contributed by atoms with Crippen LogP contribution in [0.4, 0.5) is 4.39 Å². The average molecular weight is 161 g/mol. The Balaban J connectivity index is 2.18.